The molecule has 5 heteroatoms. The van der Waals surface area contributed by atoms with Gasteiger partial charge in [-0.25, -0.2) is 0 Å². The molecule has 0 fully saturated rings. The summed E-state index contributed by atoms with van der Waals surface area (Å²) in [7, 11) is 0. The molecule has 0 amide bonds. The number of aromatic nitrogens is 1. The molecule has 0 bridgehead atoms. The summed E-state index contributed by atoms with van der Waals surface area (Å²) in [5, 5.41) is 3.53. The summed E-state index contributed by atoms with van der Waals surface area (Å²) < 4.78 is 0. The molecule has 5 nitrogen and oxygen atoms in total. The van der Waals surface area contributed by atoms with E-state index in [1.165, 1.54) is 5.56 Å². The van der Waals surface area contributed by atoms with E-state index in [0.29, 0.717) is 13.1 Å². The highest BCUT2D eigenvalue weighted by molar-refractivity contribution is 6.05. The standard InChI is InChI=1S/C20H21N5/c21-12-19-17(16-6-2-1-3-7-16)11-18(20-23-9-10-25(19)20)24-14-15-5-4-8-22-13-15/h1-8,11,13,24H,9-10,12,14,21H2. The third-order valence-electron chi connectivity index (χ3n) is 4.49. The van der Waals surface area contributed by atoms with Crippen LogP contribution < -0.4 is 11.1 Å². The highest BCUT2D eigenvalue weighted by Gasteiger charge is 2.29. The van der Waals surface area contributed by atoms with E-state index in [4.69, 9.17) is 5.73 Å². The largest absolute Gasteiger partial charge is 0.378 e. The fourth-order valence-corrected chi connectivity index (χ4v) is 3.30. The molecule has 0 saturated carbocycles. The molecular formula is C20H21N5. The predicted octanol–water partition coefficient (Wildman–Crippen LogP) is 2.15. The van der Waals surface area contributed by atoms with Crippen LogP contribution >= 0.6 is 0 Å². The second kappa shape index (κ2) is 6.91. The molecule has 0 unspecified atom stereocenters. The first kappa shape index (κ1) is 15.6. The van der Waals surface area contributed by atoms with Crippen molar-refractivity contribution in [3.63, 3.8) is 0 Å². The summed E-state index contributed by atoms with van der Waals surface area (Å²) in [6.07, 6.45) is 5.84. The van der Waals surface area contributed by atoms with E-state index in [1.54, 1.807) is 6.20 Å². The van der Waals surface area contributed by atoms with Crippen molar-refractivity contribution in [1.29, 1.82) is 0 Å². The van der Waals surface area contributed by atoms with Crippen molar-refractivity contribution < 1.29 is 0 Å². The summed E-state index contributed by atoms with van der Waals surface area (Å²) in [4.78, 5) is 11.1. The topological polar surface area (TPSA) is 66.5 Å². The van der Waals surface area contributed by atoms with Gasteiger partial charge in [0.1, 0.15) is 0 Å². The number of nitrogens with zero attached hydrogens (tertiary/aromatic N) is 3. The number of amidine groups is 1. The molecule has 2 aliphatic rings. The minimum absolute atomic E-state index is 0.496. The van der Waals surface area contributed by atoms with Crippen LogP contribution in [0.1, 0.15) is 11.1 Å². The van der Waals surface area contributed by atoms with Gasteiger partial charge in [0.25, 0.3) is 0 Å². The minimum atomic E-state index is 0.496. The first-order chi connectivity index (χ1) is 12.4. The summed E-state index contributed by atoms with van der Waals surface area (Å²) in [6.45, 7) is 2.89. The van der Waals surface area contributed by atoms with Gasteiger partial charge in [-0.2, -0.15) is 0 Å². The van der Waals surface area contributed by atoms with E-state index >= 15 is 0 Å². The van der Waals surface area contributed by atoms with Crippen LogP contribution in [0.15, 0.2) is 77.3 Å². The molecule has 0 atom stereocenters. The van der Waals surface area contributed by atoms with Crippen LogP contribution in [0.2, 0.25) is 0 Å². The highest BCUT2D eigenvalue weighted by atomic mass is 15.3. The highest BCUT2D eigenvalue weighted by Crippen LogP contribution is 2.30. The number of aliphatic imine (C=N–C) groups is 1. The maximum atomic E-state index is 6.08. The van der Waals surface area contributed by atoms with Crippen molar-refractivity contribution >= 4 is 11.4 Å². The van der Waals surface area contributed by atoms with Gasteiger partial charge in [0, 0.05) is 43.3 Å². The second-order valence-corrected chi connectivity index (χ2v) is 6.06. The fourth-order valence-electron chi connectivity index (χ4n) is 3.30. The molecule has 4 rings (SSSR count). The van der Waals surface area contributed by atoms with Gasteiger partial charge in [-0.3, -0.25) is 9.98 Å². The maximum absolute atomic E-state index is 6.08. The Balaban J connectivity index is 1.69. The van der Waals surface area contributed by atoms with Gasteiger partial charge >= 0.3 is 0 Å². The Kier molecular flexibility index (Phi) is 4.31. The van der Waals surface area contributed by atoms with Crippen molar-refractivity contribution in [2.24, 2.45) is 10.7 Å². The number of nitrogens with one attached hydrogen (secondary N) is 1. The number of benzene rings is 1. The minimum Gasteiger partial charge on any atom is -0.378 e. The normalized spacial score (nSPS) is 16.4. The van der Waals surface area contributed by atoms with Crippen LogP contribution in [0.4, 0.5) is 0 Å². The van der Waals surface area contributed by atoms with Gasteiger partial charge in [0.15, 0.2) is 5.84 Å². The van der Waals surface area contributed by atoms with Crippen molar-refractivity contribution in [2.75, 3.05) is 19.6 Å². The van der Waals surface area contributed by atoms with Crippen LogP contribution in [0.3, 0.4) is 0 Å². The summed E-state index contributed by atoms with van der Waals surface area (Å²) in [5.74, 6) is 0.990. The third-order valence-corrected chi connectivity index (χ3v) is 4.49. The molecule has 0 spiro atoms. The lowest BCUT2D eigenvalue weighted by Gasteiger charge is -2.31. The summed E-state index contributed by atoms with van der Waals surface area (Å²) in [6, 6.07) is 14.4. The Morgan fingerprint density at radius 2 is 2.00 bits per heavy atom. The van der Waals surface area contributed by atoms with Gasteiger partial charge in [-0.15, -0.1) is 0 Å². The zero-order valence-electron chi connectivity index (χ0n) is 14.0. The molecule has 25 heavy (non-hydrogen) atoms. The van der Waals surface area contributed by atoms with Crippen LogP contribution in [0.5, 0.6) is 0 Å². The summed E-state index contributed by atoms with van der Waals surface area (Å²) >= 11 is 0. The Morgan fingerprint density at radius 3 is 2.76 bits per heavy atom. The molecule has 126 valence electrons. The Morgan fingerprint density at radius 1 is 1.12 bits per heavy atom. The zero-order valence-corrected chi connectivity index (χ0v) is 14.0. The lowest BCUT2D eigenvalue weighted by molar-refractivity contribution is 0.545. The number of fused-ring (bicyclic) bond motifs is 1. The fraction of sp³-hybridized carbons (Fsp3) is 0.200. The van der Waals surface area contributed by atoms with Gasteiger partial charge in [0.2, 0.25) is 0 Å². The van der Waals surface area contributed by atoms with E-state index in [1.807, 2.05) is 18.3 Å². The summed E-state index contributed by atoms with van der Waals surface area (Å²) in [5.41, 5.74) is 11.7. The second-order valence-electron chi connectivity index (χ2n) is 6.06. The quantitative estimate of drug-likeness (QED) is 0.881. The molecular weight excluding hydrogens is 310 g/mol. The molecule has 2 aliphatic heterocycles. The predicted molar refractivity (Wildman–Crippen MR) is 101 cm³/mol. The lowest BCUT2D eigenvalue weighted by atomic mass is 9.98. The Labute approximate surface area is 147 Å². The zero-order chi connectivity index (χ0) is 17.1. The first-order valence-corrected chi connectivity index (χ1v) is 8.52. The van der Waals surface area contributed by atoms with Crippen LogP contribution in [-0.2, 0) is 6.54 Å². The Bertz CT molecular complexity index is 837. The van der Waals surface area contributed by atoms with E-state index < -0.39 is 0 Å². The molecule has 1 aromatic heterocycles. The van der Waals surface area contributed by atoms with Crippen LogP contribution in [0, 0.1) is 0 Å². The third kappa shape index (κ3) is 3.06. The molecule has 0 radical (unpaired) electrons. The molecule has 1 aromatic carbocycles. The average Bonchev–Trinajstić information content (AvgIpc) is 3.17. The van der Waals surface area contributed by atoms with Crippen molar-refractivity contribution in [1.82, 2.24) is 15.2 Å². The number of rotatable bonds is 5. The number of nitrogens with two attached hydrogens (primary N) is 1. The van der Waals surface area contributed by atoms with Gasteiger partial charge in [-0.1, -0.05) is 36.4 Å². The van der Waals surface area contributed by atoms with Crippen molar-refractivity contribution in [3.8, 4) is 0 Å². The molecule has 3 heterocycles. The molecule has 2 aromatic rings. The average molecular weight is 331 g/mol. The first-order valence-electron chi connectivity index (χ1n) is 8.52. The lowest BCUT2D eigenvalue weighted by Crippen LogP contribution is -2.38. The van der Waals surface area contributed by atoms with E-state index in [-0.39, 0.29) is 0 Å². The van der Waals surface area contributed by atoms with Gasteiger partial charge in [-0.05, 0) is 23.3 Å². The van der Waals surface area contributed by atoms with E-state index in [9.17, 15) is 0 Å². The number of hydrogen-bond donors (Lipinski definition) is 2. The smallest absolute Gasteiger partial charge is 0.151 e. The maximum Gasteiger partial charge on any atom is 0.151 e. The monoisotopic (exact) mass is 331 g/mol. The molecule has 0 aliphatic carbocycles. The van der Waals surface area contributed by atoms with Crippen molar-refractivity contribution in [3.05, 3.63) is 83.5 Å². The SMILES string of the molecule is NCC1=C(c2ccccc2)C=C(NCc2cccnc2)C2=NCCN21. The number of allylic oxidation sites excluding steroid dienone is 2. The van der Waals surface area contributed by atoms with E-state index in [0.717, 1.165) is 41.5 Å². The molecule has 3 N–H and O–H groups in total. The number of pyridine rings is 1. The van der Waals surface area contributed by atoms with Crippen LogP contribution in [-0.4, -0.2) is 35.4 Å². The van der Waals surface area contributed by atoms with Gasteiger partial charge < -0.3 is 16.0 Å². The van der Waals surface area contributed by atoms with E-state index in [2.05, 4.69) is 56.6 Å². The van der Waals surface area contributed by atoms with Crippen LogP contribution in [0.25, 0.3) is 5.57 Å². The molecule has 0 saturated heterocycles. The van der Waals surface area contributed by atoms with Gasteiger partial charge in [0.05, 0.1) is 12.2 Å². The van der Waals surface area contributed by atoms with Crippen molar-refractivity contribution in [2.45, 2.75) is 6.54 Å². The Hall–Kier alpha value is -2.92. The number of hydrogen-bond acceptors (Lipinski definition) is 5.